The molecule has 0 N–H and O–H groups in total. The first-order valence-electron chi connectivity index (χ1n) is 7.79. The Morgan fingerprint density at radius 1 is 1.08 bits per heavy atom. The van der Waals surface area contributed by atoms with Crippen LogP contribution in [-0.2, 0) is 4.79 Å². The number of piperazine rings is 1. The van der Waals surface area contributed by atoms with E-state index in [1.54, 1.807) is 0 Å². The maximum Gasteiger partial charge on any atom is 0.260 e. The lowest BCUT2D eigenvalue weighted by molar-refractivity contribution is -0.133. The Bertz CT molecular complexity index is 718. The van der Waals surface area contributed by atoms with E-state index in [2.05, 4.69) is 20.8 Å². The molecule has 0 bridgehead atoms. The van der Waals surface area contributed by atoms with E-state index in [0.29, 0.717) is 18.8 Å². The highest BCUT2D eigenvalue weighted by Crippen LogP contribution is 2.24. The summed E-state index contributed by atoms with van der Waals surface area (Å²) in [5, 5.41) is 0.729. The second-order valence-corrected chi connectivity index (χ2v) is 6.86. The van der Waals surface area contributed by atoms with Crippen LogP contribution in [0.1, 0.15) is 0 Å². The van der Waals surface area contributed by atoms with Gasteiger partial charge in [-0.05, 0) is 46.3 Å². The first kappa shape index (κ1) is 17.1. The van der Waals surface area contributed by atoms with Gasteiger partial charge in [-0.1, -0.05) is 29.8 Å². The number of amides is 1. The third-order valence-electron chi connectivity index (χ3n) is 3.99. The summed E-state index contributed by atoms with van der Waals surface area (Å²) in [4.78, 5) is 16.4. The highest BCUT2D eigenvalue weighted by atomic mass is 79.9. The Hall–Kier alpha value is -1.72. The third-order valence-corrected chi connectivity index (χ3v) is 4.88. The monoisotopic (exact) mass is 408 g/mol. The summed E-state index contributed by atoms with van der Waals surface area (Å²) in [5.41, 5.74) is 1.10. The zero-order chi connectivity index (χ0) is 16.9. The number of carbonyl (C=O) groups is 1. The van der Waals surface area contributed by atoms with E-state index in [9.17, 15) is 4.79 Å². The number of ether oxygens (including phenoxy) is 1. The van der Waals surface area contributed by atoms with E-state index in [0.717, 1.165) is 28.3 Å². The van der Waals surface area contributed by atoms with Crippen LogP contribution in [0.3, 0.4) is 0 Å². The fraction of sp³-hybridized carbons (Fsp3) is 0.278. The van der Waals surface area contributed by atoms with Gasteiger partial charge >= 0.3 is 0 Å². The Morgan fingerprint density at radius 3 is 2.54 bits per heavy atom. The average Bonchev–Trinajstić information content (AvgIpc) is 2.61. The Kier molecular flexibility index (Phi) is 5.63. The predicted octanol–water partition coefficient (Wildman–Crippen LogP) is 3.83. The van der Waals surface area contributed by atoms with Crippen molar-refractivity contribution < 1.29 is 9.53 Å². The van der Waals surface area contributed by atoms with Crippen molar-refractivity contribution in [1.29, 1.82) is 0 Å². The summed E-state index contributed by atoms with van der Waals surface area (Å²) < 4.78 is 6.46. The number of rotatable bonds is 4. The number of halogens is 2. The van der Waals surface area contributed by atoms with Crippen molar-refractivity contribution >= 4 is 39.1 Å². The van der Waals surface area contributed by atoms with Crippen molar-refractivity contribution in [2.75, 3.05) is 37.7 Å². The normalized spacial score (nSPS) is 14.6. The molecule has 1 aliphatic rings. The van der Waals surface area contributed by atoms with Crippen molar-refractivity contribution in [3.8, 4) is 5.75 Å². The lowest BCUT2D eigenvalue weighted by Crippen LogP contribution is -2.50. The second kappa shape index (κ2) is 7.90. The smallest absolute Gasteiger partial charge is 0.260 e. The molecule has 0 saturated carbocycles. The van der Waals surface area contributed by atoms with Gasteiger partial charge in [0.15, 0.2) is 6.61 Å². The molecule has 0 radical (unpaired) electrons. The highest BCUT2D eigenvalue weighted by molar-refractivity contribution is 9.10. The van der Waals surface area contributed by atoms with Gasteiger partial charge in [0.1, 0.15) is 5.75 Å². The minimum Gasteiger partial charge on any atom is -0.483 e. The third kappa shape index (κ3) is 4.22. The maximum absolute atomic E-state index is 12.3. The molecule has 1 saturated heterocycles. The summed E-state index contributed by atoms with van der Waals surface area (Å²) in [6.45, 7) is 3.01. The molecule has 1 heterocycles. The molecule has 0 aliphatic carbocycles. The standard InChI is InChI=1S/C18H18BrClN2O2/c19-16-6-1-2-7-17(16)24-13-18(23)22-10-8-21(9-11-22)15-5-3-4-14(20)12-15/h1-7,12H,8-11,13H2. The van der Waals surface area contributed by atoms with Crippen LogP contribution in [0.15, 0.2) is 53.0 Å². The number of carbonyl (C=O) groups excluding carboxylic acids is 1. The van der Waals surface area contributed by atoms with Gasteiger partial charge in [0.05, 0.1) is 4.47 Å². The number of para-hydroxylation sites is 1. The molecule has 126 valence electrons. The van der Waals surface area contributed by atoms with Crippen LogP contribution in [0.5, 0.6) is 5.75 Å². The van der Waals surface area contributed by atoms with Gasteiger partial charge in [-0.25, -0.2) is 0 Å². The number of benzene rings is 2. The van der Waals surface area contributed by atoms with E-state index >= 15 is 0 Å². The molecule has 1 aliphatic heterocycles. The second-order valence-electron chi connectivity index (χ2n) is 5.57. The van der Waals surface area contributed by atoms with E-state index in [4.69, 9.17) is 16.3 Å². The molecule has 0 atom stereocenters. The van der Waals surface area contributed by atoms with Crippen LogP contribution in [0.25, 0.3) is 0 Å². The Labute approximate surface area is 155 Å². The van der Waals surface area contributed by atoms with E-state index in [1.165, 1.54) is 0 Å². The zero-order valence-electron chi connectivity index (χ0n) is 13.1. The van der Waals surface area contributed by atoms with Crippen molar-refractivity contribution in [2.45, 2.75) is 0 Å². The first-order valence-corrected chi connectivity index (χ1v) is 8.96. The fourth-order valence-electron chi connectivity index (χ4n) is 2.68. The summed E-state index contributed by atoms with van der Waals surface area (Å²) in [6, 6.07) is 15.3. The molecule has 2 aromatic rings. The van der Waals surface area contributed by atoms with Gasteiger partial charge in [0.25, 0.3) is 5.91 Å². The molecule has 3 rings (SSSR count). The predicted molar refractivity (Wildman–Crippen MR) is 99.9 cm³/mol. The molecular weight excluding hydrogens is 392 g/mol. The molecule has 6 heteroatoms. The molecule has 4 nitrogen and oxygen atoms in total. The summed E-state index contributed by atoms with van der Waals surface area (Å²) in [5.74, 6) is 0.694. The zero-order valence-corrected chi connectivity index (χ0v) is 15.5. The fourth-order valence-corrected chi connectivity index (χ4v) is 3.26. The van der Waals surface area contributed by atoms with E-state index in [1.807, 2.05) is 53.4 Å². The number of anilines is 1. The van der Waals surface area contributed by atoms with Gasteiger partial charge in [0.2, 0.25) is 0 Å². The molecule has 2 aromatic carbocycles. The minimum atomic E-state index is 0.0106. The van der Waals surface area contributed by atoms with Gasteiger partial charge < -0.3 is 14.5 Å². The average molecular weight is 410 g/mol. The molecule has 0 spiro atoms. The van der Waals surface area contributed by atoms with Crippen LogP contribution in [0.2, 0.25) is 5.02 Å². The number of hydrogen-bond donors (Lipinski definition) is 0. The minimum absolute atomic E-state index is 0.0106. The van der Waals surface area contributed by atoms with Crippen LogP contribution in [-0.4, -0.2) is 43.6 Å². The number of hydrogen-bond acceptors (Lipinski definition) is 3. The van der Waals surface area contributed by atoms with Gasteiger partial charge in [-0.3, -0.25) is 4.79 Å². The van der Waals surface area contributed by atoms with Crippen molar-refractivity contribution in [3.63, 3.8) is 0 Å². The molecule has 24 heavy (non-hydrogen) atoms. The van der Waals surface area contributed by atoms with Crippen molar-refractivity contribution in [2.24, 2.45) is 0 Å². The molecule has 1 fully saturated rings. The van der Waals surface area contributed by atoms with Crippen molar-refractivity contribution in [1.82, 2.24) is 4.90 Å². The lowest BCUT2D eigenvalue weighted by Gasteiger charge is -2.36. The maximum atomic E-state index is 12.3. The first-order chi connectivity index (χ1) is 11.6. The Morgan fingerprint density at radius 2 is 1.83 bits per heavy atom. The van der Waals surface area contributed by atoms with E-state index < -0.39 is 0 Å². The molecule has 1 amide bonds. The summed E-state index contributed by atoms with van der Waals surface area (Å²) in [7, 11) is 0. The van der Waals surface area contributed by atoms with Gasteiger partial charge in [-0.15, -0.1) is 0 Å². The quantitative estimate of drug-likeness (QED) is 0.769. The number of nitrogens with zero attached hydrogens (tertiary/aromatic N) is 2. The summed E-state index contributed by atoms with van der Waals surface area (Å²) in [6.07, 6.45) is 0. The Balaban J connectivity index is 1.51. The highest BCUT2D eigenvalue weighted by Gasteiger charge is 2.21. The van der Waals surface area contributed by atoms with Gasteiger partial charge in [-0.2, -0.15) is 0 Å². The summed E-state index contributed by atoms with van der Waals surface area (Å²) >= 11 is 9.46. The van der Waals surface area contributed by atoms with Crippen molar-refractivity contribution in [3.05, 3.63) is 58.0 Å². The van der Waals surface area contributed by atoms with Crippen LogP contribution in [0, 0.1) is 0 Å². The molecule has 0 aromatic heterocycles. The van der Waals surface area contributed by atoms with Crippen LogP contribution >= 0.6 is 27.5 Å². The van der Waals surface area contributed by atoms with Crippen LogP contribution in [0.4, 0.5) is 5.69 Å². The topological polar surface area (TPSA) is 32.8 Å². The SMILES string of the molecule is O=C(COc1ccccc1Br)N1CCN(c2cccc(Cl)c2)CC1. The lowest BCUT2D eigenvalue weighted by atomic mass is 10.2. The molecular formula is C18H18BrClN2O2. The van der Waals surface area contributed by atoms with Crippen LogP contribution < -0.4 is 9.64 Å². The molecule has 0 unspecified atom stereocenters. The van der Waals surface area contributed by atoms with E-state index in [-0.39, 0.29) is 12.5 Å². The largest absolute Gasteiger partial charge is 0.483 e. The van der Waals surface area contributed by atoms with Gasteiger partial charge in [0, 0.05) is 36.9 Å².